The summed E-state index contributed by atoms with van der Waals surface area (Å²) < 4.78 is 5.10. The first-order valence-electron chi connectivity index (χ1n) is 7.42. The number of carboxylic acid groups (broad SMARTS) is 1. The number of ether oxygens (including phenoxy) is 1. The van der Waals surface area contributed by atoms with E-state index in [0.29, 0.717) is 5.56 Å². The highest BCUT2D eigenvalue weighted by Crippen LogP contribution is 2.21. The highest BCUT2D eigenvalue weighted by Gasteiger charge is 2.25. The van der Waals surface area contributed by atoms with Gasteiger partial charge in [0, 0.05) is 23.5 Å². The van der Waals surface area contributed by atoms with E-state index in [1.54, 1.807) is 45.2 Å². The molecule has 0 aliphatic heterocycles. The van der Waals surface area contributed by atoms with Gasteiger partial charge in [-0.15, -0.1) is 0 Å². The van der Waals surface area contributed by atoms with Crippen LogP contribution >= 0.6 is 0 Å². The Kier molecular flexibility index (Phi) is 4.79. The fourth-order valence-corrected chi connectivity index (χ4v) is 2.29. The van der Waals surface area contributed by atoms with Crippen molar-refractivity contribution < 1.29 is 19.4 Å². The van der Waals surface area contributed by atoms with Crippen LogP contribution in [0.3, 0.4) is 0 Å². The molecular formula is C17H19N3O4. The average Bonchev–Trinajstić information content (AvgIpc) is 2.86. The van der Waals surface area contributed by atoms with Gasteiger partial charge in [-0.05, 0) is 38.5 Å². The Morgan fingerprint density at radius 1 is 1.42 bits per heavy atom. The van der Waals surface area contributed by atoms with Crippen LogP contribution in [0.2, 0.25) is 0 Å². The monoisotopic (exact) mass is 329 g/mol. The van der Waals surface area contributed by atoms with Crippen LogP contribution in [0.1, 0.15) is 31.9 Å². The maximum atomic E-state index is 11.8. The summed E-state index contributed by atoms with van der Waals surface area (Å²) >= 11 is 0. The van der Waals surface area contributed by atoms with E-state index in [2.05, 4.69) is 10.3 Å². The molecule has 0 saturated carbocycles. The number of nitriles is 1. The minimum Gasteiger partial charge on any atom is -0.480 e. The first-order valence-corrected chi connectivity index (χ1v) is 7.42. The summed E-state index contributed by atoms with van der Waals surface area (Å²) in [6.45, 7) is 5.11. The number of H-pyrrole nitrogens is 1. The molecule has 1 heterocycles. The summed E-state index contributed by atoms with van der Waals surface area (Å²) in [5.74, 6) is -1.15. The number of hydrogen-bond acceptors (Lipinski definition) is 4. The molecule has 0 aliphatic rings. The molecular weight excluding hydrogens is 310 g/mol. The summed E-state index contributed by atoms with van der Waals surface area (Å²) in [7, 11) is 0. The van der Waals surface area contributed by atoms with Crippen molar-refractivity contribution in [3.05, 3.63) is 35.5 Å². The summed E-state index contributed by atoms with van der Waals surface area (Å²) in [4.78, 5) is 26.3. The largest absolute Gasteiger partial charge is 0.480 e. The van der Waals surface area contributed by atoms with Crippen LogP contribution < -0.4 is 5.32 Å². The number of rotatable bonds is 4. The van der Waals surface area contributed by atoms with Gasteiger partial charge in [0.1, 0.15) is 11.6 Å². The lowest BCUT2D eigenvalue weighted by molar-refractivity contribution is -0.139. The normalized spacial score (nSPS) is 12.4. The first-order chi connectivity index (χ1) is 11.2. The van der Waals surface area contributed by atoms with Gasteiger partial charge in [0.05, 0.1) is 11.6 Å². The number of alkyl carbamates (subject to hydrolysis) is 1. The van der Waals surface area contributed by atoms with Gasteiger partial charge in [0.2, 0.25) is 0 Å². The second-order valence-electron chi connectivity index (χ2n) is 6.43. The second kappa shape index (κ2) is 6.62. The lowest BCUT2D eigenvalue weighted by Crippen LogP contribution is -2.44. The molecule has 1 amide bonds. The number of carbonyl (C=O) groups excluding carboxylic acids is 1. The van der Waals surface area contributed by atoms with Crippen LogP contribution in [0.5, 0.6) is 0 Å². The van der Waals surface area contributed by atoms with Crippen molar-refractivity contribution in [3.63, 3.8) is 0 Å². The van der Waals surface area contributed by atoms with Crippen molar-refractivity contribution in [3.8, 4) is 6.07 Å². The van der Waals surface area contributed by atoms with Crippen LogP contribution in [-0.4, -0.2) is 33.8 Å². The molecule has 0 saturated heterocycles. The third kappa shape index (κ3) is 4.26. The molecule has 2 rings (SSSR count). The SMILES string of the molecule is CC(C)(C)OC(=O)N[C@@H](Cc1c[nH]c2cc(C#N)ccc12)C(=O)O. The van der Waals surface area contributed by atoms with Crippen LogP contribution in [0, 0.1) is 11.3 Å². The predicted octanol–water partition coefficient (Wildman–Crippen LogP) is 2.56. The van der Waals surface area contributed by atoms with Gasteiger partial charge < -0.3 is 20.1 Å². The molecule has 1 aromatic heterocycles. The zero-order valence-electron chi connectivity index (χ0n) is 13.7. The maximum Gasteiger partial charge on any atom is 0.408 e. The van der Waals surface area contributed by atoms with E-state index < -0.39 is 23.7 Å². The molecule has 0 aliphatic carbocycles. The molecule has 2 aromatic rings. The van der Waals surface area contributed by atoms with Crippen molar-refractivity contribution >= 4 is 23.0 Å². The number of carbonyl (C=O) groups is 2. The third-order valence-corrected chi connectivity index (χ3v) is 3.31. The van der Waals surface area contributed by atoms with Gasteiger partial charge in [-0.25, -0.2) is 9.59 Å². The number of aromatic amines is 1. The summed E-state index contributed by atoms with van der Waals surface area (Å²) in [5, 5.41) is 21.4. The number of amides is 1. The fraction of sp³-hybridized carbons (Fsp3) is 0.353. The first kappa shape index (κ1) is 17.3. The van der Waals surface area contributed by atoms with E-state index in [1.807, 2.05) is 6.07 Å². The fourth-order valence-electron chi connectivity index (χ4n) is 2.29. The smallest absolute Gasteiger partial charge is 0.408 e. The number of fused-ring (bicyclic) bond motifs is 1. The lowest BCUT2D eigenvalue weighted by atomic mass is 10.0. The Balaban J connectivity index is 2.18. The molecule has 1 atom stereocenters. The minimum absolute atomic E-state index is 0.0977. The summed E-state index contributed by atoms with van der Waals surface area (Å²) in [6, 6.07) is 6.04. The van der Waals surface area contributed by atoms with Crippen molar-refractivity contribution in [2.75, 3.05) is 0 Å². The molecule has 3 N–H and O–H groups in total. The van der Waals surface area contributed by atoms with Crippen LogP contribution in [0.25, 0.3) is 10.9 Å². The lowest BCUT2D eigenvalue weighted by Gasteiger charge is -2.22. The zero-order valence-corrected chi connectivity index (χ0v) is 13.7. The molecule has 0 fully saturated rings. The van der Waals surface area contributed by atoms with E-state index in [1.165, 1.54) is 0 Å². The molecule has 0 radical (unpaired) electrons. The molecule has 0 unspecified atom stereocenters. The van der Waals surface area contributed by atoms with Crippen molar-refractivity contribution in [1.29, 1.82) is 5.26 Å². The van der Waals surface area contributed by atoms with Gasteiger partial charge in [0.25, 0.3) is 0 Å². The van der Waals surface area contributed by atoms with Gasteiger partial charge in [-0.3, -0.25) is 0 Å². The minimum atomic E-state index is -1.15. The quantitative estimate of drug-likeness (QED) is 0.797. The Morgan fingerprint density at radius 2 is 2.12 bits per heavy atom. The van der Waals surface area contributed by atoms with E-state index in [4.69, 9.17) is 10.00 Å². The van der Waals surface area contributed by atoms with E-state index in [-0.39, 0.29) is 6.42 Å². The Morgan fingerprint density at radius 3 is 2.71 bits per heavy atom. The van der Waals surface area contributed by atoms with Gasteiger partial charge >= 0.3 is 12.1 Å². The van der Waals surface area contributed by atoms with Gasteiger partial charge in [0.15, 0.2) is 0 Å². The van der Waals surface area contributed by atoms with E-state index in [0.717, 1.165) is 16.5 Å². The molecule has 1 aromatic carbocycles. The Hall–Kier alpha value is -3.01. The van der Waals surface area contributed by atoms with Crippen molar-refractivity contribution in [2.24, 2.45) is 0 Å². The highest BCUT2D eigenvalue weighted by atomic mass is 16.6. The van der Waals surface area contributed by atoms with Crippen LogP contribution in [0.15, 0.2) is 24.4 Å². The highest BCUT2D eigenvalue weighted by molar-refractivity contribution is 5.86. The number of carboxylic acids is 1. The molecule has 0 bridgehead atoms. The molecule has 7 heteroatoms. The standard InChI is InChI=1S/C17H19N3O4/c1-17(2,3)24-16(23)20-14(15(21)22)7-11-9-19-13-6-10(8-18)4-5-12(11)13/h4-6,9,14,19H,7H2,1-3H3,(H,20,23)(H,21,22)/t14-/m0/s1. The molecule has 0 spiro atoms. The number of hydrogen-bond donors (Lipinski definition) is 3. The van der Waals surface area contributed by atoms with Gasteiger partial charge in [-0.1, -0.05) is 6.07 Å². The maximum absolute atomic E-state index is 11.8. The number of nitrogens with zero attached hydrogens (tertiary/aromatic N) is 1. The summed E-state index contributed by atoms with van der Waals surface area (Å²) in [5.41, 5.74) is 1.28. The zero-order chi connectivity index (χ0) is 17.9. The van der Waals surface area contributed by atoms with E-state index >= 15 is 0 Å². The molecule has 126 valence electrons. The van der Waals surface area contributed by atoms with Crippen LogP contribution in [0.4, 0.5) is 4.79 Å². The van der Waals surface area contributed by atoms with Gasteiger partial charge in [-0.2, -0.15) is 5.26 Å². The van der Waals surface area contributed by atoms with Crippen LogP contribution in [-0.2, 0) is 16.0 Å². The Bertz CT molecular complexity index is 811. The summed E-state index contributed by atoms with van der Waals surface area (Å²) in [6.07, 6.45) is 1.00. The van der Waals surface area contributed by atoms with E-state index in [9.17, 15) is 14.7 Å². The third-order valence-electron chi connectivity index (χ3n) is 3.31. The number of aliphatic carboxylic acids is 1. The number of aromatic nitrogens is 1. The van der Waals surface area contributed by atoms with Crippen molar-refractivity contribution in [1.82, 2.24) is 10.3 Å². The molecule has 24 heavy (non-hydrogen) atoms. The topological polar surface area (TPSA) is 115 Å². The molecule has 7 nitrogen and oxygen atoms in total. The van der Waals surface area contributed by atoms with Crippen molar-refractivity contribution in [2.45, 2.75) is 38.8 Å². The number of nitrogens with one attached hydrogen (secondary N) is 2. The Labute approximate surface area is 139 Å². The second-order valence-corrected chi connectivity index (χ2v) is 6.43. The number of benzene rings is 1. The average molecular weight is 329 g/mol. The predicted molar refractivity (Wildman–Crippen MR) is 87.5 cm³/mol.